The second-order valence-corrected chi connectivity index (χ2v) is 5.35. The smallest absolute Gasteiger partial charge is 0.252 e. The van der Waals surface area contributed by atoms with Crippen LogP contribution in [0.5, 0.6) is 0 Å². The number of hydrogen-bond donors (Lipinski definition) is 1. The van der Waals surface area contributed by atoms with E-state index >= 15 is 0 Å². The fourth-order valence-corrected chi connectivity index (χ4v) is 2.80. The molecule has 0 aromatic carbocycles. The monoisotopic (exact) mass is 262 g/mol. The van der Waals surface area contributed by atoms with E-state index < -0.39 is 0 Å². The van der Waals surface area contributed by atoms with E-state index in [-0.39, 0.29) is 5.91 Å². The largest absolute Gasteiger partial charge is 0.346 e. The van der Waals surface area contributed by atoms with Gasteiger partial charge in [0.2, 0.25) is 0 Å². The number of nitrogens with one attached hydrogen (secondary N) is 1. The molecule has 1 aromatic rings. The van der Waals surface area contributed by atoms with Gasteiger partial charge in [-0.2, -0.15) is 0 Å². The quantitative estimate of drug-likeness (QED) is 0.909. The first-order chi connectivity index (χ1) is 9.74. The van der Waals surface area contributed by atoms with Gasteiger partial charge in [-0.3, -0.25) is 9.78 Å². The highest BCUT2D eigenvalue weighted by Gasteiger charge is 2.35. The number of amides is 1. The van der Waals surface area contributed by atoms with Crippen molar-refractivity contribution in [1.29, 1.82) is 0 Å². The molecule has 0 spiro atoms. The van der Waals surface area contributed by atoms with Gasteiger partial charge in [-0.1, -0.05) is 12.1 Å². The Morgan fingerprint density at radius 3 is 3.10 bits per heavy atom. The zero-order valence-corrected chi connectivity index (χ0v) is 11.2. The van der Waals surface area contributed by atoms with E-state index in [2.05, 4.69) is 22.5 Å². The topological polar surface area (TPSA) is 42.0 Å². The van der Waals surface area contributed by atoms with Gasteiger partial charge in [0.05, 0.1) is 12.2 Å². The molecule has 0 aliphatic heterocycles. The second-order valence-electron chi connectivity index (χ2n) is 5.35. The number of hydrogen-bond acceptors (Lipinski definition) is 2. The molecule has 4 rings (SSSR count). The molecule has 3 nitrogen and oxygen atoms in total. The lowest BCUT2D eigenvalue weighted by Gasteiger charge is -2.08. The predicted molar refractivity (Wildman–Crippen MR) is 76.7 cm³/mol. The van der Waals surface area contributed by atoms with Crippen molar-refractivity contribution in [2.24, 2.45) is 0 Å². The molecule has 1 fully saturated rings. The Morgan fingerprint density at radius 1 is 1.35 bits per heavy atom. The fraction of sp³-hybridized carbons (Fsp3) is 0.176. The van der Waals surface area contributed by atoms with Crippen LogP contribution < -0.4 is 5.32 Å². The maximum Gasteiger partial charge on any atom is 0.252 e. The van der Waals surface area contributed by atoms with Crippen molar-refractivity contribution in [2.45, 2.75) is 19.9 Å². The normalized spacial score (nSPS) is 18.1. The summed E-state index contributed by atoms with van der Waals surface area (Å²) in [5.41, 5.74) is 7.94. The molecule has 1 heterocycles. The standard InChI is InChI=1S/C17H14N2O/c1-10-3-2-6-18-16(10)9-19-17(20)13-5-4-12-14-7-11(14)8-15(12)13/h2-6,8H,7,9H2,1H3,(H,19,20). The third-order valence-corrected chi connectivity index (χ3v) is 4.05. The van der Waals surface area contributed by atoms with Crippen molar-refractivity contribution < 1.29 is 4.79 Å². The minimum atomic E-state index is -0.0185. The summed E-state index contributed by atoms with van der Waals surface area (Å²) < 4.78 is 0. The van der Waals surface area contributed by atoms with Gasteiger partial charge in [0.1, 0.15) is 0 Å². The third-order valence-electron chi connectivity index (χ3n) is 4.05. The van der Waals surface area contributed by atoms with Crippen LogP contribution in [0.25, 0.3) is 0 Å². The first kappa shape index (κ1) is 11.4. The lowest BCUT2D eigenvalue weighted by Crippen LogP contribution is -2.25. The van der Waals surface area contributed by atoms with Gasteiger partial charge in [-0.15, -0.1) is 0 Å². The molecule has 3 heteroatoms. The Balaban J connectivity index is 1.52. The molecule has 1 amide bonds. The van der Waals surface area contributed by atoms with Gasteiger partial charge < -0.3 is 5.32 Å². The lowest BCUT2D eigenvalue weighted by atomic mass is 10.1. The predicted octanol–water partition coefficient (Wildman–Crippen LogP) is 2.51. The van der Waals surface area contributed by atoms with Crippen molar-refractivity contribution in [3.63, 3.8) is 0 Å². The highest BCUT2D eigenvalue weighted by atomic mass is 16.1. The van der Waals surface area contributed by atoms with Crippen LogP contribution in [-0.4, -0.2) is 10.9 Å². The maximum absolute atomic E-state index is 12.3. The molecule has 1 saturated carbocycles. The van der Waals surface area contributed by atoms with Gasteiger partial charge >= 0.3 is 0 Å². The van der Waals surface area contributed by atoms with E-state index in [0.717, 1.165) is 28.8 Å². The zero-order chi connectivity index (χ0) is 13.7. The van der Waals surface area contributed by atoms with E-state index in [1.54, 1.807) is 6.20 Å². The van der Waals surface area contributed by atoms with Crippen molar-refractivity contribution in [2.75, 3.05) is 0 Å². The number of fused-ring (bicyclic) bond motifs is 2. The SMILES string of the molecule is Cc1cccnc1CNC(=O)C1=C2C=C3CC3=C2C=C1. The van der Waals surface area contributed by atoms with Crippen molar-refractivity contribution in [3.8, 4) is 0 Å². The Morgan fingerprint density at radius 2 is 2.25 bits per heavy atom. The second kappa shape index (κ2) is 4.04. The number of aryl methyl sites for hydroxylation is 1. The Kier molecular flexibility index (Phi) is 2.30. The molecule has 0 unspecified atom stereocenters. The molecule has 20 heavy (non-hydrogen) atoms. The van der Waals surface area contributed by atoms with Gasteiger partial charge in [0.25, 0.3) is 5.91 Å². The number of aromatic nitrogens is 1. The van der Waals surface area contributed by atoms with E-state index in [1.165, 1.54) is 16.7 Å². The lowest BCUT2D eigenvalue weighted by molar-refractivity contribution is -0.117. The van der Waals surface area contributed by atoms with Crippen LogP contribution in [-0.2, 0) is 11.3 Å². The minimum Gasteiger partial charge on any atom is -0.346 e. The average molecular weight is 262 g/mol. The summed E-state index contributed by atoms with van der Waals surface area (Å²) in [6.07, 6.45) is 8.98. The molecule has 1 N–H and O–H groups in total. The zero-order valence-electron chi connectivity index (χ0n) is 11.2. The first-order valence-electron chi connectivity index (χ1n) is 6.79. The van der Waals surface area contributed by atoms with Crippen LogP contribution in [0.2, 0.25) is 0 Å². The molecule has 0 bridgehead atoms. The molecular formula is C17H14N2O. The Hall–Kier alpha value is -2.42. The first-order valence-corrected chi connectivity index (χ1v) is 6.79. The van der Waals surface area contributed by atoms with Crippen LogP contribution in [0.1, 0.15) is 17.7 Å². The van der Waals surface area contributed by atoms with Crippen LogP contribution in [0.4, 0.5) is 0 Å². The van der Waals surface area contributed by atoms with Gasteiger partial charge in [0, 0.05) is 11.8 Å². The van der Waals surface area contributed by atoms with Crippen molar-refractivity contribution in [1.82, 2.24) is 10.3 Å². The van der Waals surface area contributed by atoms with Crippen molar-refractivity contribution >= 4 is 5.91 Å². The summed E-state index contributed by atoms with van der Waals surface area (Å²) in [6, 6.07) is 3.91. The van der Waals surface area contributed by atoms with Gasteiger partial charge in [0.15, 0.2) is 0 Å². The highest BCUT2D eigenvalue weighted by Crippen LogP contribution is 2.51. The van der Waals surface area contributed by atoms with Crippen LogP contribution in [0.15, 0.2) is 64.4 Å². The number of allylic oxidation sites excluding steroid dienone is 6. The summed E-state index contributed by atoms with van der Waals surface area (Å²) in [6.45, 7) is 2.47. The molecule has 3 aliphatic carbocycles. The van der Waals surface area contributed by atoms with Gasteiger partial charge in [-0.05, 0) is 59.4 Å². The molecule has 3 aliphatic rings. The van der Waals surface area contributed by atoms with E-state index in [1.807, 2.05) is 25.1 Å². The fourth-order valence-electron chi connectivity index (χ4n) is 2.80. The molecule has 0 saturated heterocycles. The molecular weight excluding hydrogens is 248 g/mol. The van der Waals surface area contributed by atoms with Crippen molar-refractivity contribution in [3.05, 3.63) is 75.7 Å². The maximum atomic E-state index is 12.3. The number of rotatable bonds is 3. The van der Waals surface area contributed by atoms with E-state index in [4.69, 9.17) is 0 Å². The third kappa shape index (κ3) is 1.67. The van der Waals surface area contributed by atoms with Crippen LogP contribution in [0.3, 0.4) is 0 Å². The molecule has 0 atom stereocenters. The number of carbonyl (C=O) groups is 1. The summed E-state index contributed by atoms with van der Waals surface area (Å²) in [5, 5.41) is 2.96. The van der Waals surface area contributed by atoms with Gasteiger partial charge in [-0.25, -0.2) is 0 Å². The molecule has 0 radical (unpaired) electrons. The van der Waals surface area contributed by atoms with Crippen LogP contribution in [0, 0.1) is 6.92 Å². The molecule has 1 aromatic heterocycles. The number of carbonyl (C=O) groups excluding carboxylic acids is 1. The molecule has 98 valence electrons. The Labute approximate surface area is 117 Å². The summed E-state index contributed by atoms with van der Waals surface area (Å²) in [7, 11) is 0. The van der Waals surface area contributed by atoms with Crippen LogP contribution >= 0.6 is 0 Å². The summed E-state index contributed by atoms with van der Waals surface area (Å²) in [5.74, 6) is -0.0185. The minimum absolute atomic E-state index is 0.0185. The van der Waals surface area contributed by atoms with E-state index in [0.29, 0.717) is 6.54 Å². The highest BCUT2D eigenvalue weighted by molar-refractivity contribution is 6.01. The van der Waals surface area contributed by atoms with E-state index in [9.17, 15) is 4.79 Å². The number of nitrogens with zero attached hydrogens (tertiary/aromatic N) is 1. The summed E-state index contributed by atoms with van der Waals surface area (Å²) >= 11 is 0. The summed E-state index contributed by atoms with van der Waals surface area (Å²) in [4.78, 5) is 16.6. The Bertz CT molecular complexity index is 763. The average Bonchev–Trinajstić information content (AvgIpc) is 2.93. The number of pyridine rings is 1.